The van der Waals surface area contributed by atoms with Gasteiger partial charge in [0, 0.05) is 12.6 Å². The normalized spacial score (nSPS) is 9.94. The largest absolute Gasteiger partial charge is 0.508 e. The fourth-order valence-corrected chi connectivity index (χ4v) is 1.71. The highest BCUT2D eigenvalue weighted by Gasteiger charge is 2.10. The summed E-state index contributed by atoms with van der Waals surface area (Å²) >= 11 is 0. The van der Waals surface area contributed by atoms with E-state index < -0.39 is 0 Å². The molecule has 0 fully saturated rings. The zero-order chi connectivity index (χ0) is 12.3. The summed E-state index contributed by atoms with van der Waals surface area (Å²) in [5, 5.41) is 11.9. The van der Waals surface area contributed by atoms with Gasteiger partial charge in [0.05, 0.1) is 0 Å². The molecule has 0 saturated heterocycles. The monoisotopic (exact) mass is 227 g/mol. The molecule has 17 heavy (non-hydrogen) atoms. The van der Waals surface area contributed by atoms with E-state index in [9.17, 15) is 9.90 Å². The van der Waals surface area contributed by atoms with Crippen molar-refractivity contribution in [3.8, 4) is 16.9 Å². The van der Waals surface area contributed by atoms with E-state index in [1.165, 1.54) is 0 Å². The quantitative estimate of drug-likeness (QED) is 0.827. The van der Waals surface area contributed by atoms with Gasteiger partial charge in [-0.25, -0.2) is 0 Å². The van der Waals surface area contributed by atoms with Crippen molar-refractivity contribution >= 4 is 5.91 Å². The predicted octanol–water partition coefficient (Wildman–Crippen LogP) is 2.42. The second kappa shape index (κ2) is 4.70. The van der Waals surface area contributed by atoms with Crippen LogP contribution in [0.25, 0.3) is 11.1 Å². The summed E-state index contributed by atoms with van der Waals surface area (Å²) in [6.45, 7) is 0. The number of carbonyl (C=O) groups excluding carboxylic acids is 1. The van der Waals surface area contributed by atoms with Crippen molar-refractivity contribution in [1.82, 2.24) is 5.32 Å². The van der Waals surface area contributed by atoms with E-state index in [0.29, 0.717) is 5.56 Å². The third kappa shape index (κ3) is 2.28. The van der Waals surface area contributed by atoms with Crippen molar-refractivity contribution in [3.05, 3.63) is 54.1 Å². The van der Waals surface area contributed by atoms with Gasteiger partial charge in [0.15, 0.2) is 0 Å². The van der Waals surface area contributed by atoms with Gasteiger partial charge in [-0.3, -0.25) is 4.79 Å². The van der Waals surface area contributed by atoms with Gasteiger partial charge in [-0.2, -0.15) is 0 Å². The van der Waals surface area contributed by atoms with Crippen LogP contribution in [0.4, 0.5) is 0 Å². The molecule has 86 valence electrons. The number of phenolic OH excluding ortho intramolecular Hbond substituents is 1. The molecule has 3 nitrogen and oxygen atoms in total. The molecule has 2 N–H and O–H groups in total. The topological polar surface area (TPSA) is 49.3 Å². The Morgan fingerprint density at radius 3 is 2.35 bits per heavy atom. The average molecular weight is 227 g/mol. The fraction of sp³-hybridized carbons (Fsp3) is 0.0714. The van der Waals surface area contributed by atoms with Gasteiger partial charge in [-0.05, 0) is 29.3 Å². The minimum absolute atomic E-state index is 0.117. The first-order chi connectivity index (χ1) is 8.22. The molecule has 0 unspecified atom stereocenters. The zero-order valence-corrected chi connectivity index (χ0v) is 9.47. The van der Waals surface area contributed by atoms with Gasteiger partial charge in [0.25, 0.3) is 5.91 Å². The SMILES string of the molecule is CNC(=O)c1ccccc1-c1ccc(O)cc1. The van der Waals surface area contributed by atoms with Gasteiger partial charge < -0.3 is 10.4 Å². The van der Waals surface area contributed by atoms with Crippen LogP contribution in [0.2, 0.25) is 0 Å². The first-order valence-electron chi connectivity index (χ1n) is 5.33. The van der Waals surface area contributed by atoms with Crippen LogP contribution in [0.3, 0.4) is 0 Å². The Hall–Kier alpha value is -2.29. The minimum Gasteiger partial charge on any atom is -0.508 e. The summed E-state index contributed by atoms with van der Waals surface area (Å²) in [4.78, 5) is 11.7. The van der Waals surface area contributed by atoms with E-state index in [4.69, 9.17) is 0 Å². The summed E-state index contributed by atoms with van der Waals surface area (Å²) in [6, 6.07) is 14.2. The molecule has 0 aliphatic heterocycles. The maximum Gasteiger partial charge on any atom is 0.251 e. The smallest absolute Gasteiger partial charge is 0.251 e. The first kappa shape index (κ1) is 11.2. The van der Waals surface area contributed by atoms with Crippen molar-refractivity contribution in [2.24, 2.45) is 0 Å². The van der Waals surface area contributed by atoms with Crippen LogP contribution < -0.4 is 5.32 Å². The zero-order valence-electron chi connectivity index (χ0n) is 9.47. The molecule has 0 saturated carbocycles. The van der Waals surface area contributed by atoms with Crippen molar-refractivity contribution in [2.75, 3.05) is 7.05 Å². The van der Waals surface area contributed by atoms with Crippen molar-refractivity contribution in [2.45, 2.75) is 0 Å². The lowest BCUT2D eigenvalue weighted by Gasteiger charge is -2.08. The molecule has 0 spiro atoms. The number of phenols is 1. The molecule has 0 aromatic heterocycles. The standard InChI is InChI=1S/C14H13NO2/c1-15-14(17)13-5-3-2-4-12(13)10-6-8-11(16)9-7-10/h2-9,16H,1H3,(H,15,17). The number of rotatable bonds is 2. The number of hydrogen-bond acceptors (Lipinski definition) is 2. The van der Waals surface area contributed by atoms with Crippen LogP contribution in [-0.4, -0.2) is 18.1 Å². The number of benzene rings is 2. The third-order valence-electron chi connectivity index (χ3n) is 2.58. The maximum atomic E-state index is 11.7. The highest BCUT2D eigenvalue weighted by atomic mass is 16.3. The van der Waals surface area contributed by atoms with E-state index in [-0.39, 0.29) is 11.7 Å². The summed E-state index contributed by atoms with van der Waals surface area (Å²) in [7, 11) is 1.61. The van der Waals surface area contributed by atoms with Crippen LogP contribution in [0.5, 0.6) is 5.75 Å². The maximum absolute atomic E-state index is 11.7. The molecule has 0 aliphatic rings. The second-order valence-corrected chi connectivity index (χ2v) is 3.67. The number of hydrogen-bond donors (Lipinski definition) is 2. The van der Waals surface area contributed by atoms with Gasteiger partial charge in [0.1, 0.15) is 5.75 Å². The summed E-state index contributed by atoms with van der Waals surface area (Å²) in [5.41, 5.74) is 2.38. The van der Waals surface area contributed by atoms with Crippen LogP contribution in [-0.2, 0) is 0 Å². The summed E-state index contributed by atoms with van der Waals surface area (Å²) in [6.07, 6.45) is 0. The second-order valence-electron chi connectivity index (χ2n) is 3.67. The Morgan fingerprint density at radius 2 is 1.71 bits per heavy atom. The molecule has 0 radical (unpaired) electrons. The van der Waals surface area contributed by atoms with Crippen molar-refractivity contribution in [3.63, 3.8) is 0 Å². The minimum atomic E-state index is -0.117. The lowest BCUT2D eigenvalue weighted by atomic mass is 9.99. The number of carbonyl (C=O) groups is 1. The fourth-order valence-electron chi connectivity index (χ4n) is 1.71. The van der Waals surface area contributed by atoms with Crippen molar-refractivity contribution in [1.29, 1.82) is 0 Å². The number of nitrogens with one attached hydrogen (secondary N) is 1. The molecule has 2 aromatic rings. The van der Waals surface area contributed by atoms with E-state index in [0.717, 1.165) is 11.1 Å². The lowest BCUT2D eigenvalue weighted by Crippen LogP contribution is -2.18. The number of aromatic hydroxyl groups is 1. The van der Waals surface area contributed by atoms with E-state index in [1.807, 2.05) is 18.2 Å². The molecule has 0 atom stereocenters. The van der Waals surface area contributed by atoms with E-state index in [1.54, 1.807) is 37.4 Å². The average Bonchev–Trinajstić information content (AvgIpc) is 2.39. The Morgan fingerprint density at radius 1 is 1.06 bits per heavy atom. The molecule has 0 bridgehead atoms. The first-order valence-corrected chi connectivity index (χ1v) is 5.33. The molecule has 0 heterocycles. The molecule has 2 rings (SSSR count). The Bertz CT molecular complexity index is 532. The summed E-state index contributed by atoms with van der Waals surface area (Å²) in [5.74, 6) is 0.0971. The Kier molecular flexibility index (Phi) is 3.10. The van der Waals surface area contributed by atoms with Crippen molar-refractivity contribution < 1.29 is 9.90 Å². The van der Waals surface area contributed by atoms with Crippen LogP contribution in [0, 0.1) is 0 Å². The van der Waals surface area contributed by atoms with Crippen LogP contribution in [0.15, 0.2) is 48.5 Å². The molecule has 2 aromatic carbocycles. The van der Waals surface area contributed by atoms with Crippen LogP contribution >= 0.6 is 0 Å². The van der Waals surface area contributed by atoms with Gasteiger partial charge >= 0.3 is 0 Å². The molecule has 3 heteroatoms. The van der Waals surface area contributed by atoms with Gasteiger partial charge in [-0.1, -0.05) is 30.3 Å². The molecule has 0 aliphatic carbocycles. The Labute approximate surface area is 99.7 Å². The third-order valence-corrected chi connectivity index (χ3v) is 2.58. The van der Waals surface area contributed by atoms with Crippen LogP contribution in [0.1, 0.15) is 10.4 Å². The highest BCUT2D eigenvalue weighted by Crippen LogP contribution is 2.25. The Balaban J connectivity index is 2.51. The molecular formula is C14H13NO2. The molecule has 1 amide bonds. The van der Waals surface area contributed by atoms with E-state index in [2.05, 4.69) is 5.32 Å². The van der Waals surface area contributed by atoms with E-state index >= 15 is 0 Å². The molecular weight excluding hydrogens is 214 g/mol. The van der Waals surface area contributed by atoms with Gasteiger partial charge in [-0.15, -0.1) is 0 Å². The lowest BCUT2D eigenvalue weighted by molar-refractivity contribution is 0.0963. The number of amides is 1. The summed E-state index contributed by atoms with van der Waals surface area (Å²) < 4.78 is 0. The highest BCUT2D eigenvalue weighted by molar-refractivity contribution is 6.00. The van der Waals surface area contributed by atoms with Gasteiger partial charge in [0.2, 0.25) is 0 Å². The predicted molar refractivity (Wildman–Crippen MR) is 66.9 cm³/mol.